The van der Waals surface area contributed by atoms with Gasteiger partial charge in [0.1, 0.15) is 6.04 Å². The summed E-state index contributed by atoms with van der Waals surface area (Å²) in [6.45, 7) is 6.51. The molecule has 6 heteroatoms. The minimum atomic E-state index is -0.562. The second kappa shape index (κ2) is 11.1. The van der Waals surface area contributed by atoms with Crippen LogP contribution < -0.4 is 5.32 Å². The number of thioether (sulfide) groups is 1. The van der Waals surface area contributed by atoms with Gasteiger partial charge in [-0.05, 0) is 44.5 Å². The van der Waals surface area contributed by atoms with Crippen LogP contribution >= 0.6 is 23.4 Å². The molecule has 0 aliphatic heterocycles. The fourth-order valence-electron chi connectivity index (χ4n) is 2.75. The largest absolute Gasteiger partial charge is 0.355 e. The number of benzene rings is 2. The Morgan fingerprint density at radius 1 is 1.14 bits per heavy atom. The fourth-order valence-corrected chi connectivity index (χ4v) is 3.79. The smallest absolute Gasteiger partial charge is 0.242 e. The molecule has 1 atom stereocenters. The summed E-state index contributed by atoms with van der Waals surface area (Å²) in [6, 6.07) is 15.1. The van der Waals surface area contributed by atoms with Crippen LogP contribution in [0.3, 0.4) is 0 Å². The van der Waals surface area contributed by atoms with Gasteiger partial charge in [-0.2, -0.15) is 0 Å². The van der Waals surface area contributed by atoms with Crippen LogP contribution in [0.2, 0.25) is 5.02 Å². The number of nitrogens with zero attached hydrogens (tertiary/aromatic N) is 1. The van der Waals surface area contributed by atoms with E-state index in [0.717, 1.165) is 10.5 Å². The van der Waals surface area contributed by atoms with Crippen LogP contribution in [0.25, 0.3) is 0 Å². The van der Waals surface area contributed by atoms with E-state index >= 15 is 0 Å². The van der Waals surface area contributed by atoms with Crippen molar-refractivity contribution < 1.29 is 9.59 Å². The Morgan fingerprint density at radius 2 is 1.82 bits per heavy atom. The summed E-state index contributed by atoms with van der Waals surface area (Å²) in [4.78, 5) is 28.0. The number of likely N-dealkylation sites (N-methyl/N-ethyl adjacent to an activating group) is 1. The highest BCUT2D eigenvalue weighted by atomic mass is 35.5. The van der Waals surface area contributed by atoms with Gasteiger partial charge in [0.15, 0.2) is 0 Å². The lowest BCUT2D eigenvalue weighted by Gasteiger charge is -2.29. The second-order valence-electron chi connectivity index (χ2n) is 6.60. The Hall–Kier alpha value is -1.98. The first-order valence-electron chi connectivity index (χ1n) is 9.42. The minimum absolute atomic E-state index is 0.0571. The van der Waals surface area contributed by atoms with E-state index in [2.05, 4.69) is 29.6 Å². The van der Waals surface area contributed by atoms with Gasteiger partial charge in [-0.3, -0.25) is 9.59 Å². The van der Waals surface area contributed by atoms with E-state index in [0.29, 0.717) is 30.3 Å². The summed E-state index contributed by atoms with van der Waals surface area (Å²) in [7, 11) is 0. The zero-order valence-corrected chi connectivity index (χ0v) is 18.1. The summed E-state index contributed by atoms with van der Waals surface area (Å²) in [5.41, 5.74) is 2.04. The molecule has 0 radical (unpaired) electrons. The second-order valence-corrected chi connectivity index (χ2v) is 8.17. The van der Waals surface area contributed by atoms with Crippen molar-refractivity contribution in [3.63, 3.8) is 0 Å². The molecular formula is C22H27ClN2O2S. The van der Waals surface area contributed by atoms with Crippen LogP contribution in [0.4, 0.5) is 0 Å². The van der Waals surface area contributed by atoms with Crippen LogP contribution in [-0.4, -0.2) is 35.1 Å². The number of hydrogen-bond acceptors (Lipinski definition) is 3. The molecule has 0 bridgehead atoms. The van der Waals surface area contributed by atoms with Crippen LogP contribution in [0, 0.1) is 6.92 Å². The Bertz CT molecular complexity index is 795. The number of nitrogens with one attached hydrogen (secondary N) is 1. The molecule has 150 valence electrons. The number of halogens is 1. The predicted molar refractivity (Wildman–Crippen MR) is 117 cm³/mol. The molecule has 0 unspecified atom stereocenters. The van der Waals surface area contributed by atoms with Gasteiger partial charge < -0.3 is 10.2 Å². The monoisotopic (exact) mass is 418 g/mol. The van der Waals surface area contributed by atoms with Crippen molar-refractivity contribution >= 4 is 35.2 Å². The first-order chi connectivity index (χ1) is 13.4. The third kappa shape index (κ3) is 6.57. The van der Waals surface area contributed by atoms with E-state index in [1.54, 1.807) is 29.7 Å². The molecule has 0 aromatic heterocycles. The first kappa shape index (κ1) is 22.3. The first-order valence-corrected chi connectivity index (χ1v) is 10.8. The molecule has 2 aromatic carbocycles. The van der Waals surface area contributed by atoms with Crippen LogP contribution in [0.1, 0.15) is 31.4 Å². The van der Waals surface area contributed by atoms with Crippen molar-refractivity contribution in [2.75, 3.05) is 12.3 Å². The minimum Gasteiger partial charge on any atom is -0.355 e. The lowest BCUT2D eigenvalue weighted by atomic mass is 10.1. The Balaban J connectivity index is 2.06. The molecule has 0 saturated heterocycles. The number of rotatable bonds is 9. The third-order valence-electron chi connectivity index (χ3n) is 4.42. The van der Waals surface area contributed by atoms with Crippen molar-refractivity contribution in [2.24, 2.45) is 0 Å². The number of aryl methyl sites for hydroxylation is 1. The molecule has 2 rings (SSSR count). The molecule has 0 saturated carbocycles. The highest BCUT2D eigenvalue weighted by Crippen LogP contribution is 2.22. The predicted octanol–water partition coefficient (Wildman–Crippen LogP) is 4.68. The average Bonchev–Trinajstić information content (AvgIpc) is 2.68. The van der Waals surface area contributed by atoms with E-state index < -0.39 is 6.04 Å². The third-order valence-corrected chi connectivity index (χ3v) is 5.80. The van der Waals surface area contributed by atoms with Crippen molar-refractivity contribution in [3.05, 3.63) is 64.7 Å². The average molecular weight is 419 g/mol. The van der Waals surface area contributed by atoms with Gasteiger partial charge in [-0.25, -0.2) is 0 Å². The van der Waals surface area contributed by atoms with Crippen molar-refractivity contribution in [3.8, 4) is 0 Å². The lowest BCUT2D eigenvalue weighted by Crippen LogP contribution is -2.47. The SMILES string of the molecule is CCNC(=O)[C@@H](C)N(Cc1ccccc1Cl)C(=O)CCSc1ccc(C)cc1. The van der Waals surface area contributed by atoms with Crippen LogP contribution in [0.5, 0.6) is 0 Å². The quantitative estimate of drug-likeness (QED) is 0.601. The standard InChI is InChI=1S/C22H27ClN2O2S/c1-4-24-22(27)17(3)25(15-18-7-5-6-8-20(18)23)21(26)13-14-28-19-11-9-16(2)10-12-19/h5-12,17H,4,13-15H2,1-3H3,(H,24,27)/t17-/m1/s1. The number of amides is 2. The van der Waals surface area contributed by atoms with Crippen molar-refractivity contribution in [2.45, 2.75) is 44.7 Å². The van der Waals surface area contributed by atoms with Gasteiger partial charge >= 0.3 is 0 Å². The van der Waals surface area contributed by atoms with Crippen molar-refractivity contribution in [1.29, 1.82) is 0 Å². The van der Waals surface area contributed by atoms with E-state index in [9.17, 15) is 9.59 Å². The van der Waals surface area contributed by atoms with Gasteiger partial charge in [-0.1, -0.05) is 47.5 Å². The van der Waals surface area contributed by atoms with Gasteiger partial charge in [0.2, 0.25) is 11.8 Å². The molecule has 4 nitrogen and oxygen atoms in total. The molecule has 2 amide bonds. The topological polar surface area (TPSA) is 49.4 Å². The van der Waals surface area contributed by atoms with E-state index in [-0.39, 0.29) is 11.8 Å². The maximum atomic E-state index is 12.9. The number of carbonyl (C=O) groups excluding carboxylic acids is 2. The summed E-state index contributed by atoms with van der Waals surface area (Å²) in [6.07, 6.45) is 0.354. The molecule has 0 aliphatic carbocycles. The summed E-state index contributed by atoms with van der Waals surface area (Å²) >= 11 is 7.91. The molecule has 1 N–H and O–H groups in total. The highest BCUT2D eigenvalue weighted by Gasteiger charge is 2.26. The Morgan fingerprint density at radius 3 is 2.46 bits per heavy atom. The molecule has 0 heterocycles. The summed E-state index contributed by atoms with van der Waals surface area (Å²) in [5.74, 6) is 0.440. The van der Waals surface area contributed by atoms with E-state index in [1.807, 2.05) is 32.0 Å². The number of carbonyl (C=O) groups is 2. The van der Waals surface area contributed by atoms with Gasteiger partial charge in [0.25, 0.3) is 0 Å². The Kier molecular flexibility index (Phi) is 8.87. The molecule has 2 aromatic rings. The molecule has 0 fully saturated rings. The highest BCUT2D eigenvalue weighted by molar-refractivity contribution is 7.99. The van der Waals surface area contributed by atoms with E-state index in [1.165, 1.54) is 5.56 Å². The zero-order chi connectivity index (χ0) is 20.5. The van der Waals surface area contributed by atoms with Gasteiger partial charge in [0, 0.05) is 35.2 Å². The van der Waals surface area contributed by atoms with Crippen molar-refractivity contribution in [1.82, 2.24) is 10.2 Å². The van der Waals surface area contributed by atoms with Crippen LogP contribution in [0.15, 0.2) is 53.4 Å². The molecule has 28 heavy (non-hydrogen) atoms. The molecular weight excluding hydrogens is 392 g/mol. The number of hydrogen-bond donors (Lipinski definition) is 1. The normalized spacial score (nSPS) is 11.7. The van der Waals surface area contributed by atoms with Gasteiger partial charge in [0.05, 0.1) is 0 Å². The molecule has 0 aliphatic rings. The summed E-state index contributed by atoms with van der Waals surface area (Å²) < 4.78 is 0. The lowest BCUT2D eigenvalue weighted by molar-refractivity contribution is -0.140. The van der Waals surface area contributed by atoms with Crippen LogP contribution in [-0.2, 0) is 16.1 Å². The fraction of sp³-hybridized carbons (Fsp3) is 0.364. The Labute approximate surface area is 176 Å². The maximum Gasteiger partial charge on any atom is 0.242 e. The molecule has 0 spiro atoms. The maximum absolute atomic E-state index is 12.9. The summed E-state index contributed by atoms with van der Waals surface area (Å²) in [5, 5.41) is 3.39. The zero-order valence-electron chi connectivity index (χ0n) is 16.6. The van der Waals surface area contributed by atoms with E-state index in [4.69, 9.17) is 11.6 Å². The van der Waals surface area contributed by atoms with Gasteiger partial charge in [-0.15, -0.1) is 11.8 Å².